The van der Waals surface area contributed by atoms with Gasteiger partial charge >= 0.3 is 0 Å². The molecule has 2 N–H and O–H groups in total. The molecule has 0 aliphatic heterocycles. The standard InChI is InChI=1S/C15H28N2O3/c1-11(2)14(12(3)18)16-13(19)9-17(4)10-15(20)7-5-6-8-15/h11,14,20H,5-10H2,1-4H3,(H,16,19). The highest BCUT2D eigenvalue weighted by molar-refractivity contribution is 5.88. The molecule has 1 saturated carbocycles. The largest absolute Gasteiger partial charge is 0.389 e. The molecular formula is C15H28N2O3. The van der Waals surface area contributed by atoms with Gasteiger partial charge in [-0.25, -0.2) is 0 Å². The number of nitrogens with one attached hydrogen (secondary N) is 1. The number of Topliss-reactive ketones (excluding diaryl/α,β-unsaturated/α-hetero) is 1. The molecule has 1 amide bonds. The molecule has 1 atom stereocenters. The maximum Gasteiger partial charge on any atom is 0.234 e. The van der Waals surface area contributed by atoms with Gasteiger partial charge in [0.25, 0.3) is 0 Å². The van der Waals surface area contributed by atoms with Crippen molar-refractivity contribution in [3.63, 3.8) is 0 Å². The van der Waals surface area contributed by atoms with Crippen LogP contribution in [0, 0.1) is 5.92 Å². The quantitative estimate of drug-likeness (QED) is 0.730. The molecule has 1 rings (SSSR count). The van der Waals surface area contributed by atoms with Crippen LogP contribution in [-0.4, -0.2) is 53.5 Å². The molecule has 0 saturated heterocycles. The summed E-state index contributed by atoms with van der Waals surface area (Å²) >= 11 is 0. The molecule has 5 nitrogen and oxygen atoms in total. The van der Waals surface area contributed by atoms with Gasteiger partial charge < -0.3 is 10.4 Å². The Kier molecular flexibility index (Phi) is 6.14. The average Bonchev–Trinajstić information content (AvgIpc) is 2.71. The van der Waals surface area contributed by atoms with Gasteiger partial charge in [0, 0.05) is 6.54 Å². The SMILES string of the molecule is CC(=O)C(NC(=O)CN(C)CC1(O)CCCC1)C(C)C. The second-order valence-electron chi connectivity index (χ2n) is 6.50. The third-order valence-corrected chi connectivity index (χ3v) is 3.93. The van der Waals surface area contributed by atoms with Gasteiger partial charge in [-0.2, -0.15) is 0 Å². The van der Waals surface area contributed by atoms with Crippen molar-refractivity contribution in [1.82, 2.24) is 10.2 Å². The molecule has 0 bridgehead atoms. The molecule has 1 aliphatic carbocycles. The molecule has 5 heteroatoms. The molecule has 0 heterocycles. The predicted molar refractivity (Wildman–Crippen MR) is 78.4 cm³/mol. The van der Waals surface area contributed by atoms with Crippen LogP contribution in [0.3, 0.4) is 0 Å². The van der Waals surface area contributed by atoms with Gasteiger partial charge in [-0.3, -0.25) is 14.5 Å². The van der Waals surface area contributed by atoms with Gasteiger partial charge in [0.2, 0.25) is 5.91 Å². The Hall–Kier alpha value is -0.940. The molecule has 1 fully saturated rings. The van der Waals surface area contributed by atoms with Crippen molar-refractivity contribution in [3.8, 4) is 0 Å². The van der Waals surface area contributed by atoms with Crippen LogP contribution in [0.25, 0.3) is 0 Å². The first-order valence-corrected chi connectivity index (χ1v) is 7.44. The van der Waals surface area contributed by atoms with Gasteiger partial charge in [0.1, 0.15) is 0 Å². The van der Waals surface area contributed by atoms with Gasteiger partial charge in [-0.1, -0.05) is 26.7 Å². The number of hydrogen-bond acceptors (Lipinski definition) is 4. The van der Waals surface area contributed by atoms with Crippen molar-refractivity contribution in [1.29, 1.82) is 0 Å². The maximum atomic E-state index is 12.0. The predicted octanol–water partition coefficient (Wildman–Crippen LogP) is 0.953. The molecule has 0 spiro atoms. The molecule has 0 aromatic carbocycles. The fourth-order valence-electron chi connectivity index (χ4n) is 2.95. The van der Waals surface area contributed by atoms with Gasteiger partial charge in [0.15, 0.2) is 5.78 Å². The van der Waals surface area contributed by atoms with Gasteiger partial charge in [-0.05, 0) is 32.7 Å². The highest BCUT2D eigenvalue weighted by Gasteiger charge is 2.32. The van der Waals surface area contributed by atoms with Crippen LogP contribution in [0.4, 0.5) is 0 Å². The number of hydrogen-bond donors (Lipinski definition) is 2. The first kappa shape index (κ1) is 17.1. The third-order valence-electron chi connectivity index (χ3n) is 3.93. The van der Waals surface area contributed by atoms with Crippen molar-refractivity contribution in [3.05, 3.63) is 0 Å². The van der Waals surface area contributed by atoms with Crippen molar-refractivity contribution in [2.24, 2.45) is 5.92 Å². The van der Waals surface area contributed by atoms with Gasteiger partial charge in [-0.15, -0.1) is 0 Å². The summed E-state index contributed by atoms with van der Waals surface area (Å²) in [4.78, 5) is 25.3. The van der Waals surface area contributed by atoms with Crippen molar-refractivity contribution < 1.29 is 14.7 Å². The van der Waals surface area contributed by atoms with Crippen molar-refractivity contribution >= 4 is 11.7 Å². The van der Waals surface area contributed by atoms with Crippen LogP contribution in [0.1, 0.15) is 46.5 Å². The fourth-order valence-corrected chi connectivity index (χ4v) is 2.95. The minimum atomic E-state index is -0.646. The Labute approximate surface area is 121 Å². The molecule has 1 aliphatic rings. The van der Waals surface area contributed by atoms with Crippen LogP contribution in [0.5, 0.6) is 0 Å². The van der Waals surface area contributed by atoms with Crippen molar-refractivity contribution in [2.45, 2.75) is 58.1 Å². The van der Waals surface area contributed by atoms with E-state index < -0.39 is 11.6 Å². The highest BCUT2D eigenvalue weighted by Crippen LogP contribution is 2.29. The Bertz CT molecular complexity index is 349. The van der Waals surface area contributed by atoms with E-state index in [0.29, 0.717) is 6.54 Å². The van der Waals surface area contributed by atoms with E-state index in [1.165, 1.54) is 6.92 Å². The molecular weight excluding hydrogens is 256 g/mol. The molecule has 116 valence electrons. The van der Waals surface area contributed by atoms with E-state index in [-0.39, 0.29) is 24.2 Å². The molecule has 0 aromatic rings. The lowest BCUT2D eigenvalue weighted by molar-refractivity contribution is -0.128. The number of rotatable bonds is 7. The Morgan fingerprint density at radius 3 is 2.30 bits per heavy atom. The average molecular weight is 284 g/mol. The lowest BCUT2D eigenvalue weighted by atomic mass is 10.0. The molecule has 0 radical (unpaired) electrons. The number of amides is 1. The topological polar surface area (TPSA) is 69.6 Å². The molecule has 20 heavy (non-hydrogen) atoms. The number of ketones is 1. The second kappa shape index (κ2) is 7.18. The Morgan fingerprint density at radius 1 is 1.30 bits per heavy atom. The number of likely N-dealkylation sites (N-methyl/N-ethyl adjacent to an activating group) is 1. The summed E-state index contributed by atoms with van der Waals surface area (Å²) in [5.74, 6) is -0.103. The van der Waals surface area contributed by atoms with E-state index in [0.717, 1.165) is 25.7 Å². The minimum absolute atomic E-state index is 0.0228. The summed E-state index contributed by atoms with van der Waals surface area (Å²) in [6.07, 6.45) is 3.72. The van der Waals surface area contributed by atoms with Crippen LogP contribution >= 0.6 is 0 Å². The third kappa shape index (κ3) is 5.21. The van der Waals surface area contributed by atoms with E-state index in [2.05, 4.69) is 5.32 Å². The lowest BCUT2D eigenvalue weighted by Gasteiger charge is -2.29. The molecule has 1 unspecified atom stereocenters. The first-order chi connectivity index (χ1) is 9.23. The first-order valence-electron chi connectivity index (χ1n) is 7.44. The normalized spacial score (nSPS) is 19.4. The summed E-state index contributed by atoms with van der Waals surface area (Å²) in [5.41, 5.74) is -0.646. The Balaban J connectivity index is 2.43. The zero-order chi connectivity index (χ0) is 15.3. The summed E-state index contributed by atoms with van der Waals surface area (Å²) < 4.78 is 0. The summed E-state index contributed by atoms with van der Waals surface area (Å²) in [6, 6.07) is -0.425. The van der Waals surface area contributed by atoms with E-state index >= 15 is 0 Å². The number of carbonyl (C=O) groups is 2. The smallest absolute Gasteiger partial charge is 0.234 e. The second-order valence-corrected chi connectivity index (χ2v) is 6.50. The van der Waals surface area contributed by atoms with Crippen LogP contribution in [0.15, 0.2) is 0 Å². The van der Waals surface area contributed by atoms with Crippen LogP contribution in [-0.2, 0) is 9.59 Å². The Morgan fingerprint density at radius 2 is 1.85 bits per heavy atom. The molecule has 0 aromatic heterocycles. The van der Waals surface area contributed by atoms with Crippen molar-refractivity contribution in [2.75, 3.05) is 20.1 Å². The minimum Gasteiger partial charge on any atom is -0.389 e. The zero-order valence-corrected chi connectivity index (χ0v) is 13.1. The van der Waals surface area contributed by atoms with E-state index in [1.807, 2.05) is 25.8 Å². The fraction of sp³-hybridized carbons (Fsp3) is 0.867. The van der Waals surface area contributed by atoms with E-state index in [4.69, 9.17) is 0 Å². The van der Waals surface area contributed by atoms with Crippen LogP contribution in [0.2, 0.25) is 0 Å². The number of aliphatic hydroxyl groups is 1. The van der Waals surface area contributed by atoms with Crippen LogP contribution < -0.4 is 5.32 Å². The highest BCUT2D eigenvalue weighted by atomic mass is 16.3. The summed E-state index contributed by atoms with van der Waals surface area (Å²) in [5, 5.41) is 13.1. The van der Waals surface area contributed by atoms with E-state index in [9.17, 15) is 14.7 Å². The zero-order valence-electron chi connectivity index (χ0n) is 13.1. The maximum absolute atomic E-state index is 12.0. The van der Waals surface area contributed by atoms with Gasteiger partial charge in [0.05, 0.1) is 18.2 Å². The monoisotopic (exact) mass is 284 g/mol. The summed E-state index contributed by atoms with van der Waals surface area (Å²) in [6.45, 7) is 6.04. The lowest BCUT2D eigenvalue weighted by Crippen LogP contribution is -2.49. The number of carbonyl (C=O) groups excluding carboxylic acids is 2. The van der Waals surface area contributed by atoms with E-state index in [1.54, 1.807) is 0 Å². The number of nitrogens with zero attached hydrogens (tertiary/aromatic N) is 1. The summed E-state index contributed by atoms with van der Waals surface area (Å²) in [7, 11) is 1.83.